The van der Waals surface area contributed by atoms with Crippen LogP contribution in [0.25, 0.3) is 0 Å². The van der Waals surface area contributed by atoms with Crippen molar-refractivity contribution in [3.8, 4) is 0 Å². The molecule has 9 heavy (non-hydrogen) atoms. The molecule has 1 N–H and O–H groups in total. The van der Waals surface area contributed by atoms with Gasteiger partial charge in [0.1, 0.15) is 12.4 Å². The third kappa shape index (κ3) is 1.09. The highest BCUT2D eigenvalue weighted by Crippen LogP contribution is 2.05. The summed E-state index contributed by atoms with van der Waals surface area (Å²) in [6, 6.07) is 0. The monoisotopic (exact) mass is 144 g/mol. The second-order valence-electron chi connectivity index (χ2n) is 1.75. The van der Waals surface area contributed by atoms with E-state index in [2.05, 4.69) is 17.6 Å². The van der Waals surface area contributed by atoms with Gasteiger partial charge in [-0.2, -0.15) is 0 Å². The van der Waals surface area contributed by atoms with Gasteiger partial charge in [-0.3, -0.25) is 0 Å². The minimum atomic E-state index is -0.0307. The standard InChI is InChI=1S/C5H8N2OS/c1-7-4(3-8)6-2-5(7)9/h2,8-9H,3H2,1H3. The minimum absolute atomic E-state index is 0.0307. The molecular formula is C5H8N2OS. The van der Waals surface area contributed by atoms with E-state index in [9.17, 15) is 0 Å². The molecule has 0 aromatic carbocycles. The lowest BCUT2D eigenvalue weighted by atomic mass is 10.6. The van der Waals surface area contributed by atoms with Crippen molar-refractivity contribution in [2.45, 2.75) is 11.6 Å². The molecule has 0 spiro atoms. The van der Waals surface area contributed by atoms with Crippen LogP contribution in [0, 0.1) is 0 Å². The number of hydrogen-bond acceptors (Lipinski definition) is 3. The number of aromatic nitrogens is 2. The molecule has 0 fully saturated rings. The number of imidazole rings is 1. The molecule has 0 saturated heterocycles. The third-order valence-electron chi connectivity index (χ3n) is 1.20. The van der Waals surface area contributed by atoms with Gasteiger partial charge in [-0.25, -0.2) is 4.98 Å². The summed E-state index contributed by atoms with van der Waals surface area (Å²) in [4.78, 5) is 3.87. The van der Waals surface area contributed by atoms with Gasteiger partial charge in [0.25, 0.3) is 0 Å². The summed E-state index contributed by atoms with van der Waals surface area (Å²) in [7, 11) is 1.81. The lowest BCUT2D eigenvalue weighted by Gasteiger charge is -1.96. The van der Waals surface area contributed by atoms with Gasteiger partial charge in [0, 0.05) is 7.05 Å². The molecular weight excluding hydrogens is 136 g/mol. The number of thiol groups is 1. The van der Waals surface area contributed by atoms with Crippen molar-refractivity contribution in [1.82, 2.24) is 9.55 Å². The fourth-order valence-electron chi connectivity index (χ4n) is 0.585. The van der Waals surface area contributed by atoms with Crippen LogP contribution in [-0.4, -0.2) is 14.7 Å². The third-order valence-corrected chi connectivity index (χ3v) is 1.62. The van der Waals surface area contributed by atoms with Crippen LogP contribution in [0.5, 0.6) is 0 Å². The maximum absolute atomic E-state index is 8.61. The lowest BCUT2D eigenvalue weighted by molar-refractivity contribution is 0.266. The van der Waals surface area contributed by atoms with Gasteiger partial charge in [0.05, 0.1) is 11.2 Å². The predicted octanol–water partition coefficient (Wildman–Crippen LogP) is 0.201. The molecule has 4 heteroatoms. The van der Waals surface area contributed by atoms with Crippen molar-refractivity contribution in [3.05, 3.63) is 12.0 Å². The van der Waals surface area contributed by atoms with Crippen molar-refractivity contribution in [2.75, 3.05) is 0 Å². The first-order chi connectivity index (χ1) is 4.25. The largest absolute Gasteiger partial charge is 0.388 e. The molecule has 1 aromatic rings. The van der Waals surface area contributed by atoms with Crippen molar-refractivity contribution >= 4 is 12.6 Å². The topological polar surface area (TPSA) is 38.0 Å². The van der Waals surface area contributed by atoms with E-state index in [0.29, 0.717) is 5.82 Å². The summed E-state index contributed by atoms with van der Waals surface area (Å²) < 4.78 is 1.73. The molecule has 0 aliphatic heterocycles. The summed E-state index contributed by atoms with van der Waals surface area (Å²) in [5, 5.41) is 9.38. The summed E-state index contributed by atoms with van der Waals surface area (Å²) >= 11 is 4.06. The van der Waals surface area contributed by atoms with Gasteiger partial charge in [-0.1, -0.05) is 0 Å². The number of nitrogens with zero attached hydrogens (tertiary/aromatic N) is 2. The lowest BCUT2D eigenvalue weighted by Crippen LogP contribution is -1.96. The van der Waals surface area contributed by atoms with Crippen LogP contribution in [-0.2, 0) is 13.7 Å². The fourth-order valence-corrected chi connectivity index (χ4v) is 0.758. The Morgan fingerprint density at radius 1 is 1.89 bits per heavy atom. The minimum Gasteiger partial charge on any atom is -0.388 e. The molecule has 0 unspecified atom stereocenters. The first-order valence-electron chi connectivity index (χ1n) is 2.56. The molecule has 0 aliphatic rings. The highest BCUT2D eigenvalue weighted by molar-refractivity contribution is 7.80. The van der Waals surface area contributed by atoms with Crippen LogP contribution in [0.1, 0.15) is 5.82 Å². The molecule has 0 bridgehead atoms. The van der Waals surface area contributed by atoms with Crippen LogP contribution < -0.4 is 0 Å². The van der Waals surface area contributed by atoms with Gasteiger partial charge < -0.3 is 9.67 Å². The summed E-state index contributed by atoms with van der Waals surface area (Å²) in [5.74, 6) is 0.639. The molecule has 1 rings (SSSR count). The zero-order valence-electron chi connectivity index (χ0n) is 5.07. The van der Waals surface area contributed by atoms with E-state index in [-0.39, 0.29) is 6.61 Å². The van der Waals surface area contributed by atoms with E-state index in [0.717, 1.165) is 5.03 Å². The highest BCUT2D eigenvalue weighted by Gasteiger charge is 1.99. The Bertz CT molecular complexity index is 209. The van der Waals surface area contributed by atoms with E-state index in [4.69, 9.17) is 5.11 Å². The predicted molar refractivity (Wildman–Crippen MR) is 36.4 cm³/mol. The Hall–Kier alpha value is -0.480. The average Bonchev–Trinajstić information content (AvgIpc) is 2.15. The van der Waals surface area contributed by atoms with Gasteiger partial charge in [-0.15, -0.1) is 12.6 Å². The first-order valence-corrected chi connectivity index (χ1v) is 3.01. The molecule has 50 valence electrons. The molecule has 1 heterocycles. The van der Waals surface area contributed by atoms with Crippen LogP contribution in [0.3, 0.4) is 0 Å². The first kappa shape index (κ1) is 6.64. The smallest absolute Gasteiger partial charge is 0.135 e. The summed E-state index contributed by atoms with van der Waals surface area (Å²) in [5.41, 5.74) is 0. The normalized spacial score (nSPS) is 10.1. The van der Waals surface area contributed by atoms with Gasteiger partial charge in [-0.05, 0) is 0 Å². The van der Waals surface area contributed by atoms with Gasteiger partial charge in [0.15, 0.2) is 0 Å². The fraction of sp³-hybridized carbons (Fsp3) is 0.400. The maximum atomic E-state index is 8.61. The molecule has 0 radical (unpaired) electrons. The van der Waals surface area contributed by atoms with Crippen molar-refractivity contribution in [3.63, 3.8) is 0 Å². The zero-order chi connectivity index (χ0) is 6.85. The van der Waals surface area contributed by atoms with Crippen LogP contribution in [0.4, 0.5) is 0 Å². The second kappa shape index (κ2) is 2.41. The molecule has 0 saturated carbocycles. The Morgan fingerprint density at radius 2 is 2.56 bits per heavy atom. The van der Waals surface area contributed by atoms with Crippen LogP contribution >= 0.6 is 12.6 Å². The highest BCUT2D eigenvalue weighted by atomic mass is 32.1. The van der Waals surface area contributed by atoms with E-state index in [1.54, 1.807) is 17.8 Å². The Morgan fingerprint density at radius 3 is 2.78 bits per heavy atom. The molecule has 0 aliphatic carbocycles. The van der Waals surface area contributed by atoms with Crippen LogP contribution in [0.2, 0.25) is 0 Å². The second-order valence-corrected chi connectivity index (χ2v) is 2.21. The van der Waals surface area contributed by atoms with Crippen molar-refractivity contribution < 1.29 is 5.11 Å². The zero-order valence-corrected chi connectivity index (χ0v) is 5.97. The quantitative estimate of drug-likeness (QED) is 0.553. The number of aliphatic hydroxyl groups is 1. The van der Waals surface area contributed by atoms with E-state index in [1.807, 2.05) is 0 Å². The Kier molecular flexibility index (Phi) is 1.78. The molecule has 3 nitrogen and oxygen atoms in total. The summed E-state index contributed by atoms with van der Waals surface area (Å²) in [6.07, 6.45) is 1.61. The molecule has 0 atom stereocenters. The van der Waals surface area contributed by atoms with Crippen molar-refractivity contribution in [1.29, 1.82) is 0 Å². The molecule has 0 amide bonds. The van der Waals surface area contributed by atoms with Crippen molar-refractivity contribution in [2.24, 2.45) is 7.05 Å². The van der Waals surface area contributed by atoms with Gasteiger partial charge >= 0.3 is 0 Å². The maximum Gasteiger partial charge on any atom is 0.135 e. The summed E-state index contributed by atoms with van der Waals surface area (Å²) in [6.45, 7) is -0.0307. The average molecular weight is 144 g/mol. The van der Waals surface area contributed by atoms with Crippen LogP contribution in [0.15, 0.2) is 11.2 Å². The molecule has 1 aromatic heterocycles. The number of aliphatic hydroxyl groups excluding tert-OH is 1. The Labute approximate surface area is 58.7 Å². The number of hydrogen-bond donors (Lipinski definition) is 2. The van der Waals surface area contributed by atoms with Gasteiger partial charge in [0.2, 0.25) is 0 Å². The number of rotatable bonds is 1. The van der Waals surface area contributed by atoms with E-state index < -0.39 is 0 Å². The SMILES string of the molecule is Cn1c(S)cnc1CO. The van der Waals surface area contributed by atoms with E-state index in [1.165, 1.54) is 0 Å². The Balaban J connectivity index is 3.04. The van der Waals surface area contributed by atoms with E-state index >= 15 is 0 Å².